The van der Waals surface area contributed by atoms with E-state index in [-0.39, 0.29) is 0 Å². The van der Waals surface area contributed by atoms with E-state index in [0.29, 0.717) is 12.1 Å². The molecule has 0 spiro atoms. The van der Waals surface area contributed by atoms with E-state index in [9.17, 15) is 0 Å². The fraction of sp³-hybridized carbons (Fsp3) is 0.923. The average Bonchev–Trinajstić information content (AvgIpc) is 2.96. The Kier molecular flexibility index (Phi) is 3.90. The number of amidine groups is 1. The van der Waals surface area contributed by atoms with E-state index >= 15 is 0 Å². The molecule has 96 valence electrons. The van der Waals surface area contributed by atoms with Gasteiger partial charge in [-0.1, -0.05) is 18.2 Å². The van der Waals surface area contributed by atoms with Crippen molar-refractivity contribution in [1.29, 1.82) is 0 Å². The molecule has 4 unspecified atom stereocenters. The molecule has 4 atom stereocenters. The Balaban J connectivity index is 1.55. The molecule has 0 radical (unpaired) electrons. The van der Waals surface area contributed by atoms with Gasteiger partial charge in [0.05, 0.1) is 6.04 Å². The lowest BCUT2D eigenvalue weighted by Crippen LogP contribution is -2.35. The molecule has 0 saturated heterocycles. The Morgan fingerprint density at radius 1 is 1.29 bits per heavy atom. The van der Waals surface area contributed by atoms with Crippen LogP contribution in [0.25, 0.3) is 0 Å². The lowest BCUT2D eigenvalue weighted by molar-refractivity contribution is 0.528. The normalized spacial score (nSPS) is 41.1. The zero-order chi connectivity index (χ0) is 11.7. The summed E-state index contributed by atoms with van der Waals surface area (Å²) in [5, 5.41) is 5.82. The Morgan fingerprint density at radius 3 is 3.06 bits per heavy atom. The van der Waals surface area contributed by atoms with Gasteiger partial charge in [-0.05, 0) is 44.3 Å². The Labute approximate surface area is 113 Å². The van der Waals surface area contributed by atoms with Crippen molar-refractivity contribution in [2.45, 2.75) is 55.9 Å². The summed E-state index contributed by atoms with van der Waals surface area (Å²) in [7, 11) is 0. The highest BCUT2D eigenvalue weighted by Crippen LogP contribution is 2.36. The third-order valence-electron chi connectivity index (χ3n) is 4.38. The SMILES string of the molecule is CSC1CCC(NC2=NC3CCCC3CS2)C1. The average molecular weight is 270 g/mol. The first-order valence-corrected chi connectivity index (χ1v) is 9.12. The molecule has 0 amide bonds. The quantitative estimate of drug-likeness (QED) is 0.834. The van der Waals surface area contributed by atoms with Gasteiger partial charge in [0.2, 0.25) is 0 Å². The minimum atomic E-state index is 0.650. The molecule has 0 bridgehead atoms. The van der Waals surface area contributed by atoms with Crippen molar-refractivity contribution < 1.29 is 0 Å². The van der Waals surface area contributed by atoms with Gasteiger partial charge < -0.3 is 5.32 Å². The van der Waals surface area contributed by atoms with Gasteiger partial charge in [-0.2, -0.15) is 11.8 Å². The minimum absolute atomic E-state index is 0.650. The summed E-state index contributed by atoms with van der Waals surface area (Å²) < 4.78 is 0. The Morgan fingerprint density at radius 2 is 2.24 bits per heavy atom. The van der Waals surface area contributed by atoms with Crippen LogP contribution in [0.3, 0.4) is 0 Å². The number of aliphatic imine (C=N–C) groups is 1. The molecule has 3 rings (SSSR count). The molecule has 1 N–H and O–H groups in total. The van der Waals surface area contributed by atoms with Crippen LogP contribution in [-0.4, -0.2) is 34.5 Å². The smallest absolute Gasteiger partial charge is 0.157 e. The van der Waals surface area contributed by atoms with E-state index < -0.39 is 0 Å². The first kappa shape index (κ1) is 12.2. The van der Waals surface area contributed by atoms with Crippen molar-refractivity contribution in [2.75, 3.05) is 12.0 Å². The van der Waals surface area contributed by atoms with Crippen molar-refractivity contribution in [3.05, 3.63) is 0 Å². The van der Waals surface area contributed by atoms with Crippen molar-refractivity contribution in [2.24, 2.45) is 10.9 Å². The standard InChI is InChI=1S/C13H22N2S2/c1-16-11-6-5-10(7-11)14-13-15-12-4-2-3-9(12)8-17-13/h9-12H,2-8H2,1H3,(H,14,15). The van der Waals surface area contributed by atoms with Gasteiger partial charge in [0.25, 0.3) is 0 Å². The van der Waals surface area contributed by atoms with E-state index in [2.05, 4.69) is 11.6 Å². The summed E-state index contributed by atoms with van der Waals surface area (Å²) in [6.07, 6.45) is 10.4. The molecule has 0 aromatic heterocycles. The molecule has 2 nitrogen and oxygen atoms in total. The van der Waals surface area contributed by atoms with Crippen LogP contribution >= 0.6 is 23.5 Å². The van der Waals surface area contributed by atoms with Gasteiger partial charge in [-0.3, -0.25) is 4.99 Å². The number of nitrogens with zero attached hydrogens (tertiary/aromatic N) is 1. The number of nitrogens with one attached hydrogen (secondary N) is 1. The third-order valence-corrected chi connectivity index (χ3v) is 6.57. The summed E-state index contributed by atoms with van der Waals surface area (Å²) in [4.78, 5) is 4.92. The van der Waals surface area contributed by atoms with Crippen LogP contribution < -0.4 is 5.32 Å². The Bertz CT molecular complexity index is 306. The maximum atomic E-state index is 4.92. The number of thioether (sulfide) groups is 2. The summed E-state index contributed by atoms with van der Waals surface area (Å²) in [5.41, 5.74) is 0. The Hall–Kier alpha value is 0.170. The topological polar surface area (TPSA) is 24.4 Å². The molecule has 1 heterocycles. The summed E-state index contributed by atoms with van der Waals surface area (Å²) in [6, 6.07) is 1.34. The van der Waals surface area contributed by atoms with Crippen molar-refractivity contribution >= 4 is 28.7 Å². The lowest BCUT2D eigenvalue weighted by Gasteiger charge is -2.25. The zero-order valence-electron chi connectivity index (χ0n) is 10.5. The molecule has 2 fully saturated rings. The van der Waals surface area contributed by atoms with Gasteiger partial charge in [-0.15, -0.1) is 0 Å². The van der Waals surface area contributed by atoms with Crippen LogP contribution in [0.15, 0.2) is 4.99 Å². The fourth-order valence-electron chi connectivity index (χ4n) is 3.29. The monoisotopic (exact) mass is 270 g/mol. The fourth-order valence-corrected chi connectivity index (χ4v) is 5.31. The van der Waals surface area contributed by atoms with Gasteiger partial charge >= 0.3 is 0 Å². The minimum Gasteiger partial charge on any atom is -0.362 e. The van der Waals surface area contributed by atoms with E-state index in [1.807, 2.05) is 23.5 Å². The molecule has 0 aromatic rings. The van der Waals surface area contributed by atoms with Crippen molar-refractivity contribution in [3.63, 3.8) is 0 Å². The van der Waals surface area contributed by atoms with E-state index in [1.54, 1.807) is 0 Å². The van der Waals surface area contributed by atoms with Gasteiger partial charge in [0, 0.05) is 17.0 Å². The predicted octanol–water partition coefficient (Wildman–Crippen LogP) is 3.13. The van der Waals surface area contributed by atoms with E-state index in [1.165, 1.54) is 49.4 Å². The first-order valence-electron chi connectivity index (χ1n) is 6.85. The van der Waals surface area contributed by atoms with Gasteiger partial charge in [-0.25, -0.2) is 0 Å². The third kappa shape index (κ3) is 2.78. The van der Waals surface area contributed by atoms with E-state index in [0.717, 1.165) is 11.2 Å². The highest BCUT2D eigenvalue weighted by atomic mass is 32.2. The molecule has 1 aliphatic heterocycles. The molecule has 2 saturated carbocycles. The second-order valence-electron chi connectivity index (χ2n) is 5.52. The molecule has 2 aliphatic carbocycles. The highest BCUT2D eigenvalue weighted by Gasteiger charge is 2.32. The molecule has 4 heteroatoms. The van der Waals surface area contributed by atoms with Crippen LogP contribution in [0, 0.1) is 5.92 Å². The number of fused-ring (bicyclic) bond motifs is 1. The van der Waals surface area contributed by atoms with Crippen LogP contribution in [0.1, 0.15) is 38.5 Å². The van der Waals surface area contributed by atoms with Crippen LogP contribution in [0.4, 0.5) is 0 Å². The maximum absolute atomic E-state index is 4.92. The first-order chi connectivity index (χ1) is 8.35. The van der Waals surface area contributed by atoms with Crippen LogP contribution in [0.5, 0.6) is 0 Å². The summed E-state index contributed by atoms with van der Waals surface area (Å²) in [6.45, 7) is 0. The van der Waals surface area contributed by atoms with E-state index in [4.69, 9.17) is 4.99 Å². The second kappa shape index (κ2) is 5.43. The van der Waals surface area contributed by atoms with Crippen LogP contribution in [0.2, 0.25) is 0 Å². The van der Waals surface area contributed by atoms with Crippen molar-refractivity contribution in [1.82, 2.24) is 5.32 Å². The maximum Gasteiger partial charge on any atom is 0.157 e. The number of hydrogen-bond acceptors (Lipinski definition) is 4. The largest absolute Gasteiger partial charge is 0.362 e. The van der Waals surface area contributed by atoms with Crippen molar-refractivity contribution in [3.8, 4) is 0 Å². The van der Waals surface area contributed by atoms with Gasteiger partial charge in [0.15, 0.2) is 5.17 Å². The summed E-state index contributed by atoms with van der Waals surface area (Å²) >= 11 is 3.99. The molecular weight excluding hydrogens is 248 g/mol. The number of rotatable bonds is 2. The predicted molar refractivity (Wildman–Crippen MR) is 79.1 cm³/mol. The second-order valence-corrected chi connectivity index (χ2v) is 7.66. The molecule has 0 aromatic carbocycles. The lowest BCUT2D eigenvalue weighted by atomic mass is 10.1. The summed E-state index contributed by atoms with van der Waals surface area (Å²) in [5.74, 6) is 2.18. The number of hydrogen-bond donors (Lipinski definition) is 1. The molecule has 3 aliphatic rings. The zero-order valence-corrected chi connectivity index (χ0v) is 12.2. The highest BCUT2D eigenvalue weighted by molar-refractivity contribution is 8.13. The molecular formula is C13H22N2S2. The van der Waals surface area contributed by atoms with Crippen LogP contribution in [-0.2, 0) is 0 Å². The molecule has 17 heavy (non-hydrogen) atoms. The van der Waals surface area contributed by atoms with Gasteiger partial charge in [0.1, 0.15) is 0 Å².